The van der Waals surface area contributed by atoms with E-state index >= 15 is 0 Å². The topological polar surface area (TPSA) is 175 Å². The third kappa shape index (κ3) is 5.75. The van der Waals surface area contributed by atoms with E-state index in [9.17, 15) is 24.6 Å². The first-order valence-electron chi connectivity index (χ1n) is 10.2. The van der Waals surface area contributed by atoms with Gasteiger partial charge in [0, 0.05) is 6.20 Å². The van der Waals surface area contributed by atoms with E-state index in [4.69, 9.17) is 19.9 Å². The number of carbonyl (C=O) groups is 2. The number of nitrogen functional groups attached to an aromatic ring is 1. The molecule has 180 valence electrons. The zero-order valence-electron chi connectivity index (χ0n) is 19.1. The predicted octanol–water partition coefficient (Wildman–Crippen LogP) is -0.0727. The lowest BCUT2D eigenvalue weighted by Gasteiger charge is -2.32. The highest BCUT2D eigenvalue weighted by molar-refractivity contribution is 5.82. The van der Waals surface area contributed by atoms with Crippen molar-refractivity contribution in [2.45, 2.75) is 77.2 Å². The second-order valence-electron chi connectivity index (χ2n) is 9.20. The molecular weight excluding hydrogens is 424 g/mol. The molecule has 0 bridgehead atoms. The first-order chi connectivity index (χ1) is 14.7. The highest BCUT2D eigenvalue weighted by Crippen LogP contribution is 2.39. The van der Waals surface area contributed by atoms with E-state index in [1.54, 1.807) is 34.6 Å². The number of hydrogen-bond acceptors (Lipinski definition) is 10. The lowest BCUT2D eigenvalue weighted by Crippen LogP contribution is -2.53. The third-order valence-corrected chi connectivity index (χ3v) is 4.84. The molecule has 1 aromatic rings. The first kappa shape index (κ1) is 25.6. The fourth-order valence-corrected chi connectivity index (χ4v) is 3.31. The molecule has 12 nitrogen and oxygen atoms in total. The molecule has 0 spiro atoms. The summed E-state index contributed by atoms with van der Waals surface area (Å²) in [6.45, 7) is 9.14. The SMILES string of the molecule is CC(C)C(NC(=O)OC(C)(C)C)C(=O)OC1[C@@H](CO)O[C@@H](n2ccc(N)nc2=O)C1(C)O. The van der Waals surface area contributed by atoms with E-state index < -0.39 is 60.0 Å². The van der Waals surface area contributed by atoms with Gasteiger partial charge in [-0.1, -0.05) is 13.8 Å². The fraction of sp³-hybridized carbons (Fsp3) is 0.700. The van der Waals surface area contributed by atoms with Gasteiger partial charge in [-0.25, -0.2) is 14.4 Å². The molecule has 1 aliphatic heterocycles. The van der Waals surface area contributed by atoms with Gasteiger partial charge in [-0.05, 0) is 39.7 Å². The number of rotatable bonds is 6. The lowest BCUT2D eigenvalue weighted by molar-refractivity contribution is -0.167. The Bertz CT molecular complexity index is 892. The highest BCUT2D eigenvalue weighted by Gasteiger charge is 2.56. The molecule has 3 unspecified atom stereocenters. The maximum Gasteiger partial charge on any atom is 0.408 e. The molecule has 2 heterocycles. The number of carbonyl (C=O) groups excluding carboxylic acids is 2. The lowest BCUT2D eigenvalue weighted by atomic mass is 9.95. The van der Waals surface area contributed by atoms with E-state index in [1.807, 2.05) is 0 Å². The molecule has 1 aromatic heterocycles. The van der Waals surface area contributed by atoms with Crippen molar-refractivity contribution in [3.63, 3.8) is 0 Å². The second kappa shape index (κ2) is 9.43. The number of aromatic nitrogens is 2. The van der Waals surface area contributed by atoms with Crippen LogP contribution in [0.4, 0.5) is 10.6 Å². The summed E-state index contributed by atoms with van der Waals surface area (Å²) in [5, 5.41) is 23.3. The number of ether oxygens (including phenoxy) is 3. The Morgan fingerprint density at radius 3 is 2.53 bits per heavy atom. The summed E-state index contributed by atoms with van der Waals surface area (Å²) < 4.78 is 17.3. The minimum atomic E-state index is -1.92. The molecule has 1 fully saturated rings. The largest absolute Gasteiger partial charge is 0.455 e. The van der Waals surface area contributed by atoms with Crippen LogP contribution in [0.5, 0.6) is 0 Å². The number of nitrogens with zero attached hydrogens (tertiary/aromatic N) is 2. The van der Waals surface area contributed by atoms with Crippen LogP contribution in [0.2, 0.25) is 0 Å². The zero-order chi connectivity index (χ0) is 24.4. The summed E-state index contributed by atoms with van der Waals surface area (Å²) in [6, 6.07) is 0.244. The molecule has 0 saturated carbocycles. The molecule has 5 atom stereocenters. The molecule has 0 aromatic carbocycles. The number of amides is 1. The van der Waals surface area contributed by atoms with Gasteiger partial charge in [-0.3, -0.25) is 4.57 Å². The Hall–Kier alpha value is -2.70. The third-order valence-electron chi connectivity index (χ3n) is 4.84. The number of esters is 1. The predicted molar refractivity (Wildman–Crippen MR) is 112 cm³/mol. The molecule has 1 saturated heterocycles. The smallest absolute Gasteiger partial charge is 0.408 e. The normalized spacial score (nSPS) is 26.6. The Morgan fingerprint density at radius 2 is 2.03 bits per heavy atom. The van der Waals surface area contributed by atoms with E-state index in [0.29, 0.717) is 0 Å². The Labute approximate surface area is 185 Å². The fourth-order valence-electron chi connectivity index (χ4n) is 3.31. The zero-order valence-corrected chi connectivity index (χ0v) is 19.1. The number of alkyl carbamates (subject to hydrolysis) is 1. The highest BCUT2D eigenvalue weighted by atomic mass is 16.6. The van der Waals surface area contributed by atoms with Crippen LogP contribution >= 0.6 is 0 Å². The van der Waals surface area contributed by atoms with Gasteiger partial charge in [0.2, 0.25) is 0 Å². The summed E-state index contributed by atoms with van der Waals surface area (Å²) >= 11 is 0. The molecular formula is C20H32N4O8. The van der Waals surface area contributed by atoms with Crippen LogP contribution < -0.4 is 16.7 Å². The average Bonchev–Trinajstić information content (AvgIpc) is 2.88. The number of aliphatic hydroxyl groups excluding tert-OH is 1. The van der Waals surface area contributed by atoms with Crippen LogP contribution in [-0.2, 0) is 19.0 Å². The van der Waals surface area contributed by atoms with Crippen LogP contribution in [-0.4, -0.2) is 67.9 Å². The molecule has 5 N–H and O–H groups in total. The number of nitrogens with one attached hydrogen (secondary N) is 1. The Kier molecular flexibility index (Phi) is 7.53. The first-order valence-corrected chi connectivity index (χ1v) is 10.2. The van der Waals surface area contributed by atoms with Gasteiger partial charge in [0.25, 0.3) is 0 Å². The van der Waals surface area contributed by atoms with Gasteiger partial charge in [-0.2, -0.15) is 4.98 Å². The van der Waals surface area contributed by atoms with Crippen LogP contribution in [0.15, 0.2) is 17.1 Å². The molecule has 2 rings (SSSR count). The summed E-state index contributed by atoms with van der Waals surface area (Å²) in [5.74, 6) is -1.25. The number of aliphatic hydroxyl groups is 2. The summed E-state index contributed by atoms with van der Waals surface area (Å²) in [4.78, 5) is 40.9. The van der Waals surface area contributed by atoms with Crippen LogP contribution in [0.25, 0.3) is 0 Å². The van der Waals surface area contributed by atoms with Gasteiger partial charge in [0.1, 0.15) is 29.2 Å². The van der Waals surface area contributed by atoms with Crippen molar-refractivity contribution in [1.29, 1.82) is 0 Å². The van der Waals surface area contributed by atoms with Crippen LogP contribution in [0, 0.1) is 5.92 Å². The minimum absolute atomic E-state index is 0.0152. The van der Waals surface area contributed by atoms with Crippen molar-refractivity contribution in [3.8, 4) is 0 Å². The molecule has 1 aliphatic rings. The molecule has 12 heteroatoms. The maximum atomic E-state index is 12.9. The van der Waals surface area contributed by atoms with Crippen molar-refractivity contribution < 1.29 is 34.0 Å². The monoisotopic (exact) mass is 456 g/mol. The van der Waals surface area contributed by atoms with E-state index in [-0.39, 0.29) is 11.7 Å². The van der Waals surface area contributed by atoms with Crippen LogP contribution in [0.3, 0.4) is 0 Å². The Morgan fingerprint density at radius 1 is 1.41 bits per heavy atom. The van der Waals surface area contributed by atoms with Crippen molar-refractivity contribution >= 4 is 17.9 Å². The van der Waals surface area contributed by atoms with E-state index in [2.05, 4.69) is 10.3 Å². The standard InChI is InChI=1S/C20H32N4O8/c1-10(2)13(23-18(28)32-19(3,4)5)15(26)31-14-11(9-25)30-16(20(14,6)29)24-8-7-12(21)22-17(24)27/h7-8,10-11,13-14,16,25,29H,9H2,1-6H3,(H,23,28)(H2,21,22,27)/t11-,13?,14?,16-,20?/m1/s1. The number of hydrogen-bond donors (Lipinski definition) is 4. The Balaban J connectivity index is 2.25. The van der Waals surface area contributed by atoms with Crippen molar-refractivity contribution in [3.05, 3.63) is 22.7 Å². The van der Waals surface area contributed by atoms with Gasteiger partial charge < -0.3 is 35.5 Å². The van der Waals surface area contributed by atoms with Crippen molar-refractivity contribution in [2.24, 2.45) is 5.92 Å². The van der Waals surface area contributed by atoms with Gasteiger partial charge >= 0.3 is 17.8 Å². The number of nitrogens with two attached hydrogens (primary N) is 1. The summed E-state index contributed by atoms with van der Waals surface area (Å²) in [6.07, 6.45) is -3.33. The maximum absolute atomic E-state index is 12.9. The van der Waals surface area contributed by atoms with Gasteiger partial charge in [-0.15, -0.1) is 0 Å². The summed E-state index contributed by atoms with van der Waals surface area (Å²) in [7, 11) is 0. The van der Waals surface area contributed by atoms with Gasteiger partial charge in [0.15, 0.2) is 12.3 Å². The van der Waals surface area contributed by atoms with Crippen LogP contribution in [0.1, 0.15) is 47.8 Å². The van der Waals surface area contributed by atoms with E-state index in [1.165, 1.54) is 19.2 Å². The van der Waals surface area contributed by atoms with Crippen molar-refractivity contribution in [1.82, 2.24) is 14.9 Å². The van der Waals surface area contributed by atoms with Crippen molar-refractivity contribution in [2.75, 3.05) is 12.3 Å². The quantitative estimate of drug-likeness (QED) is 0.424. The van der Waals surface area contributed by atoms with E-state index in [0.717, 1.165) is 4.57 Å². The molecule has 32 heavy (non-hydrogen) atoms. The molecule has 0 aliphatic carbocycles. The summed E-state index contributed by atoms with van der Waals surface area (Å²) in [5.41, 5.74) is 2.02. The molecule has 0 radical (unpaired) electrons. The van der Waals surface area contributed by atoms with Gasteiger partial charge in [0.05, 0.1) is 6.61 Å². The second-order valence-corrected chi connectivity index (χ2v) is 9.20. The average molecular weight is 456 g/mol. The number of anilines is 1. The molecule has 1 amide bonds. The minimum Gasteiger partial charge on any atom is -0.455 e.